The van der Waals surface area contributed by atoms with Crippen molar-refractivity contribution in [1.29, 1.82) is 0 Å². The van der Waals surface area contributed by atoms with Crippen molar-refractivity contribution < 1.29 is 13.3 Å². The van der Waals surface area contributed by atoms with Gasteiger partial charge in [0.05, 0.1) is 15.9 Å². The highest BCUT2D eigenvalue weighted by atomic mass is 32.2. The number of nitrogens with one attached hydrogen (secondary N) is 1. The third-order valence-corrected chi connectivity index (χ3v) is 5.11. The fourth-order valence-electron chi connectivity index (χ4n) is 2.33. The molecule has 0 fully saturated rings. The maximum absolute atomic E-state index is 12.6. The first kappa shape index (κ1) is 17.7. The Morgan fingerprint density at radius 1 is 1.25 bits per heavy atom. The lowest BCUT2D eigenvalue weighted by Gasteiger charge is -2.18. The van der Waals surface area contributed by atoms with Gasteiger partial charge in [0, 0.05) is 18.6 Å². The molecule has 0 amide bonds. The van der Waals surface area contributed by atoms with Gasteiger partial charge in [-0.3, -0.25) is 10.1 Å². The summed E-state index contributed by atoms with van der Waals surface area (Å²) in [4.78, 5) is 10.2. The molecule has 0 unspecified atom stereocenters. The molecule has 2 aromatic carbocycles. The molecule has 0 spiro atoms. The average Bonchev–Trinajstić information content (AvgIpc) is 2.54. The largest absolute Gasteiger partial charge is 0.269 e. The van der Waals surface area contributed by atoms with Gasteiger partial charge >= 0.3 is 0 Å². The van der Waals surface area contributed by atoms with Crippen LogP contribution in [0.1, 0.15) is 23.6 Å². The van der Waals surface area contributed by atoms with Crippen molar-refractivity contribution in [3.63, 3.8) is 0 Å². The summed E-state index contributed by atoms with van der Waals surface area (Å²) in [6, 6.07) is 12.0. The molecular weight excluding hydrogens is 328 g/mol. The van der Waals surface area contributed by atoms with E-state index in [9.17, 15) is 18.5 Å². The molecule has 24 heavy (non-hydrogen) atoms. The Kier molecular flexibility index (Phi) is 5.34. The second-order valence-corrected chi connectivity index (χ2v) is 6.88. The van der Waals surface area contributed by atoms with Crippen molar-refractivity contribution in [2.45, 2.75) is 24.3 Å². The molecule has 124 valence electrons. The number of aryl methyl sites for hydroxylation is 1. The van der Waals surface area contributed by atoms with Gasteiger partial charge in [0.1, 0.15) is 0 Å². The number of terminal acetylenes is 1. The van der Waals surface area contributed by atoms with E-state index in [2.05, 4.69) is 10.6 Å². The Morgan fingerprint density at radius 3 is 2.46 bits per heavy atom. The fourth-order valence-corrected chi connectivity index (χ4v) is 3.78. The average molecular weight is 344 g/mol. The number of non-ortho nitro benzene ring substituents is 1. The number of hydrogen-bond donors (Lipinski definition) is 1. The van der Waals surface area contributed by atoms with Crippen molar-refractivity contribution >= 4 is 15.7 Å². The van der Waals surface area contributed by atoms with Crippen molar-refractivity contribution in [3.05, 3.63) is 69.8 Å². The topological polar surface area (TPSA) is 89.3 Å². The lowest BCUT2D eigenvalue weighted by molar-refractivity contribution is -0.385. The molecule has 2 rings (SSSR count). The molecule has 0 aliphatic heterocycles. The smallest absolute Gasteiger partial charge is 0.258 e. The van der Waals surface area contributed by atoms with Crippen LogP contribution in [0.15, 0.2) is 53.4 Å². The minimum Gasteiger partial charge on any atom is -0.258 e. The number of nitro benzene ring substituents is 1. The summed E-state index contributed by atoms with van der Waals surface area (Å²) in [7, 11) is -3.87. The summed E-state index contributed by atoms with van der Waals surface area (Å²) in [6.45, 7) is 1.51. The number of sulfonamides is 1. The maximum Gasteiger partial charge on any atom is 0.269 e. The molecule has 0 bridgehead atoms. The number of benzene rings is 2. The first-order valence-corrected chi connectivity index (χ1v) is 8.59. The van der Waals surface area contributed by atoms with Crippen molar-refractivity contribution in [2.24, 2.45) is 0 Å². The molecule has 0 saturated heterocycles. The minimum absolute atomic E-state index is 0.00828. The number of rotatable bonds is 6. The third-order valence-electron chi connectivity index (χ3n) is 3.48. The quantitative estimate of drug-likeness (QED) is 0.496. The van der Waals surface area contributed by atoms with Gasteiger partial charge in [-0.05, 0) is 24.1 Å². The summed E-state index contributed by atoms with van der Waals surface area (Å²) in [6.07, 6.45) is 5.54. The van der Waals surface area contributed by atoms with Crippen LogP contribution in [0.3, 0.4) is 0 Å². The Hall–Kier alpha value is -2.69. The van der Waals surface area contributed by atoms with Gasteiger partial charge in [0.2, 0.25) is 10.0 Å². The van der Waals surface area contributed by atoms with Crippen LogP contribution in [0, 0.1) is 29.4 Å². The third kappa shape index (κ3) is 3.98. The molecule has 0 aliphatic rings. The first-order chi connectivity index (χ1) is 11.3. The van der Waals surface area contributed by atoms with Crippen LogP contribution >= 0.6 is 0 Å². The maximum atomic E-state index is 12.6. The monoisotopic (exact) mass is 344 g/mol. The van der Waals surface area contributed by atoms with Crippen LogP contribution in [-0.2, 0) is 10.0 Å². The van der Waals surface area contributed by atoms with Crippen LogP contribution in [0.4, 0.5) is 5.69 Å². The van der Waals surface area contributed by atoms with Crippen LogP contribution in [0.5, 0.6) is 0 Å². The molecule has 0 saturated carbocycles. The Morgan fingerprint density at radius 2 is 1.92 bits per heavy atom. The van der Waals surface area contributed by atoms with Gasteiger partial charge in [0.25, 0.3) is 5.69 Å². The summed E-state index contributed by atoms with van der Waals surface area (Å²) in [5.41, 5.74) is 0.887. The van der Waals surface area contributed by atoms with Crippen molar-refractivity contribution in [2.75, 3.05) is 0 Å². The van der Waals surface area contributed by atoms with Gasteiger partial charge in [0.15, 0.2) is 0 Å². The molecule has 0 radical (unpaired) electrons. The second-order valence-electron chi connectivity index (χ2n) is 5.20. The van der Waals surface area contributed by atoms with Gasteiger partial charge in [-0.15, -0.1) is 12.3 Å². The predicted molar refractivity (Wildman–Crippen MR) is 90.8 cm³/mol. The highest BCUT2D eigenvalue weighted by Crippen LogP contribution is 2.24. The summed E-state index contributed by atoms with van der Waals surface area (Å²) >= 11 is 0. The van der Waals surface area contributed by atoms with Crippen LogP contribution in [0.25, 0.3) is 0 Å². The Bertz CT molecular complexity index is 887. The lowest BCUT2D eigenvalue weighted by atomic mass is 10.1. The molecule has 1 N–H and O–H groups in total. The first-order valence-electron chi connectivity index (χ1n) is 7.11. The summed E-state index contributed by atoms with van der Waals surface area (Å²) < 4.78 is 27.9. The van der Waals surface area contributed by atoms with E-state index in [0.29, 0.717) is 5.56 Å². The van der Waals surface area contributed by atoms with Crippen LogP contribution < -0.4 is 4.72 Å². The number of nitro groups is 1. The van der Waals surface area contributed by atoms with E-state index in [-0.39, 0.29) is 17.0 Å². The van der Waals surface area contributed by atoms with E-state index in [0.717, 1.165) is 5.56 Å². The predicted octanol–water partition coefficient (Wildman–Crippen LogP) is 2.95. The highest BCUT2D eigenvalue weighted by Gasteiger charge is 2.23. The fraction of sp³-hybridized carbons (Fsp3) is 0.176. The number of nitrogens with zero attached hydrogens (tertiary/aromatic N) is 1. The zero-order valence-corrected chi connectivity index (χ0v) is 13.8. The Balaban J connectivity index is 2.36. The summed E-state index contributed by atoms with van der Waals surface area (Å²) in [5.74, 6) is 2.46. The molecule has 0 aliphatic carbocycles. The van der Waals surface area contributed by atoms with E-state index in [1.807, 2.05) is 6.07 Å². The van der Waals surface area contributed by atoms with E-state index in [4.69, 9.17) is 6.42 Å². The van der Waals surface area contributed by atoms with E-state index in [1.165, 1.54) is 25.1 Å². The van der Waals surface area contributed by atoms with Gasteiger partial charge < -0.3 is 0 Å². The minimum atomic E-state index is -3.87. The SMILES string of the molecule is C#CC[C@@H](NS(=O)(=O)c1ccc([N+](=O)[O-])cc1C)c1ccccc1. The molecular formula is C17H16N2O4S. The molecule has 2 aromatic rings. The summed E-state index contributed by atoms with van der Waals surface area (Å²) in [5, 5.41) is 10.8. The van der Waals surface area contributed by atoms with Crippen molar-refractivity contribution in [3.8, 4) is 12.3 Å². The van der Waals surface area contributed by atoms with E-state index >= 15 is 0 Å². The normalized spacial score (nSPS) is 12.3. The molecule has 7 heteroatoms. The zero-order chi connectivity index (χ0) is 17.7. The molecule has 0 aromatic heterocycles. The van der Waals surface area contributed by atoms with Crippen molar-refractivity contribution in [1.82, 2.24) is 4.72 Å². The van der Waals surface area contributed by atoms with Gasteiger partial charge in [-0.2, -0.15) is 0 Å². The van der Waals surface area contributed by atoms with E-state index < -0.39 is 21.0 Å². The Labute approximate surface area is 140 Å². The number of hydrogen-bond acceptors (Lipinski definition) is 4. The highest BCUT2D eigenvalue weighted by molar-refractivity contribution is 7.89. The second kappa shape index (κ2) is 7.25. The van der Waals surface area contributed by atoms with Crippen LogP contribution in [-0.4, -0.2) is 13.3 Å². The molecule has 0 heterocycles. The van der Waals surface area contributed by atoms with Crippen LogP contribution in [0.2, 0.25) is 0 Å². The zero-order valence-electron chi connectivity index (χ0n) is 13.0. The van der Waals surface area contributed by atoms with E-state index in [1.54, 1.807) is 24.3 Å². The molecule has 6 nitrogen and oxygen atoms in total. The standard InChI is InChI=1S/C17H16N2O4S/c1-3-7-16(14-8-5-4-6-9-14)18-24(22,23)17-11-10-15(19(20)21)12-13(17)2/h1,4-6,8-12,16,18H,7H2,2H3/t16-/m1/s1. The van der Waals surface area contributed by atoms with Gasteiger partial charge in [-0.1, -0.05) is 30.3 Å². The van der Waals surface area contributed by atoms with Gasteiger partial charge in [-0.25, -0.2) is 13.1 Å². The molecule has 1 atom stereocenters. The lowest BCUT2D eigenvalue weighted by Crippen LogP contribution is -2.29.